The summed E-state index contributed by atoms with van der Waals surface area (Å²) in [5, 5.41) is 2.56. The molecule has 0 saturated heterocycles. The number of hydrogen-bond donors (Lipinski definition) is 0. The average molecular weight is 651 g/mol. The Morgan fingerprint density at radius 1 is 0.333 bits per heavy atom. The molecular weight excluding hydrogens is 617 g/mol. The number of hydrogen-bond acceptors (Lipinski definition) is 1. The lowest BCUT2D eigenvalue weighted by atomic mass is 9.70. The lowest BCUT2D eigenvalue weighted by Crippen LogP contribution is -2.25. The number of fused-ring (bicyclic) bond motifs is 13. The molecule has 0 radical (unpaired) electrons. The molecule has 8 aromatic rings. The molecule has 1 nitrogen and oxygen atoms in total. The highest BCUT2D eigenvalue weighted by Gasteiger charge is 2.51. The minimum atomic E-state index is -0.393. The van der Waals surface area contributed by atoms with Gasteiger partial charge in [0.25, 0.3) is 0 Å². The Balaban J connectivity index is 1.09. The van der Waals surface area contributed by atoms with E-state index in [9.17, 15) is 0 Å². The summed E-state index contributed by atoms with van der Waals surface area (Å²) in [6.45, 7) is 4.60. The molecule has 240 valence electrons. The third-order valence-electron chi connectivity index (χ3n) is 11.9. The molecule has 1 atom stereocenters. The van der Waals surface area contributed by atoms with Crippen LogP contribution in [-0.2, 0) is 10.8 Å². The van der Waals surface area contributed by atoms with Crippen molar-refractivity contribution in [3.8, 4) is 56.0 Å². The monoisotopic (exact) mass is 650 g/mol. The molecule has 51 heavy (non-hydrogen) atoms. The highest BCUT2D eigenvalue weighted by Crippen LogP contribution is 2.63. The molecule has 0 fully saturated rings. The van der Waals surface area contributed by atoms with Crippen molar-refractivity contribution in [3.63, 3.8) is 0 Å². The first kappa shape index (κ1) is 28.6. The molecule has 0 amide bonds. The van der Waals surface area contributed by atoms with Crippen LogP contribution in [0, 0.1) is 0 Å². The molecule has 1 aliphatic heterocycles. The van der Waals surface area contributed by atoms with E-state index in [0.717, 1.165) is 11.5 Å². The van der Waals surface area contributed by atoms with Gasteiger partial charge in [0, 0.05) is 16.5 Å². The van der Waals surface area contributed by atoms with E-state index >= 15 is 0 Å². The minimum absolute atomic E-state index is 0.166. The Bertz CT molecular complexity index is 2770. The second-order valence-electron chi connectivity index (χ2n) is 14.9. The van der Waals surface area contributed by atoms with Crippen molar-refractivity contribution in [2.45, 2.75) is 24.7 Å². The van der Waals surface area contributed by atoms with Gasteiger partial charge in [-0.25, -0.2) is 0 Å². The van der Waals surface area contributed by atoms with E-state index < -0.39 is 5.41 Å². The first-order valence-electron chi connectivity index (χ1n) is 17.9. The maximum atomic E-state index is 6.39. The van der Waals surface area contributed by atoms with Crippen molar-refractivity contribution in [2.75, 3.05) is 0 Å². The number of ether oxygens (including phenoxy) is 1. The van der Waals surface area contributed by atoms with Crippen LogP contribution in [0.1, 0.15) is 47.2 Å². The average Bonchev–Trinajstić information content (AvgIpc) is 3.63. The zero-order valence-electron chi connectivity index (χ0n) is 28.6. The van der Waals surface area contributed by atoms with Gasteiger partial charge in [-0.1, -0.05) is 141 Å². The molecule has 0 saturated carbocycles. The van der Waals surface area contributed by atoms with Crippen LogP contribution in [0.3, 0.4) is 0 Å². The molecule has 1 unspecified atom stereocenters. The van der Waals surface area contributed by atoms with Crippen LogP contribution < -0.4 is 4.74 Å². The highest BCUT2D eigenvalue weighted by molar-refractivity contribution is 6.00. The van der Waals surface area contributed by atoms with Crippen molar-refractivity contribution >= 4 is 10.8 Å². The number of benzene rings is 8. The Morgan fingerprint density at radius 3 is 1.59 bits per heavy atom. The molecule has 0 N–H and O–H groups in total. The molecule has 1 heterocycles. The van der Waals surface area contributed by atoms with E-state index in [4.69, 9.17) is 4.74 Å². The van der Waals surface area contributed by atoms with Gasteiger partial charge in [0.05, 0.1) is 5.41 Å². The van der Waals surface area contributed by atoms with Gasteiger partial charge in [0.2, 0.25) is 0 Å². The Hall–Kier alpha value is -6.18. The quantitative estimate of drug-likeness (QED) is 0.181. The lowest BCUT2D eigenvalue weighted by Gasteiger charge is -2.34. The topological polar surface area (TPSA) is 9.23 Å². The van der Waals surface area contributed by atoms with Gasteiger partial charge in [-0.3, -0.25) is 0 Å². The van der Waals surface area contributed by atoms with Crippen LogP contribution in [0.2, 0.25) is 0 Å². The first-order valence-corrected chi connectivity index (χ1v) is 17.9. The summed E-state index contributed by atoms with van der Waals surface area (Å²) in [6.07, 6.45) is 0. The van der Waals surface area contributed by atoms with E-state index in [1.54, 1.807) is 0 Å². The van der Waals surface area contributed by atoms with Crippen LogP contribution in [-0.4, -0.2) is 0 Å². The highest BCUT2D eigenvalue weighted by atomic mass is 16.5. The summed E-state index contributed by atoms with van der Waals surface area (Å²) in [5.41, 5.74) is 17.5. The van der Waals surface area contributed by atoms with Gasteiger partial charge in [-0.05, 0) is 120 Å². The fraction of sp³-hybridized carbons (Fsp3) is 0.0800. The van der Waals surface area contributed by atoms with Crippen molar-refractivity contribution in [1.29, 1.82) is 0 Å². The standard InChI is InChI=1S/C50H34O/c1-49(2)43-20-9-10-21-47(43)51-48-25-23-36(30-46(48)49)32-15-11-14-31(26-32)35-22-24-39-37-16-5-7-18-41(37)50(44(39)29-35)42-19-8-6-17-38(42)40-27-33-12-3-4-13-34(33)28-45(40)50/h3-30H,1-2H3. The molecule has 1 heteroatoms. The third kappa shape index (κ3) is 3.81. The van der Waals surface area contributed by atoms with Gasteiger partial charge in [0.15, 0.2) is 0 Å². The molecule has 11 rings (SSSR count). The van der Waals surface area contributed by atoms with Crippen LogP contribution in [0.5, 0.6) is 11.5 Å². The SMILES string of the molecule is CC1(C)c2ccccc2Oc2ccc(-c3cccc(-c4ccc5c(c4)C4(c6ccccc6-5)c5ccccc5-c5cc6ccccc6cc54)c3)cc21. The van der Waals surface area contributed by atoms with Gasteiger partial charge >= 0.3 is 0 Å². The van der Waals surface area contributed by atoms with Crippen molar-refractivity contribution < 1.29 is 4.74 Å². The van der Waals surface area contributed by atoms with Gasteiger partial charge in [-0.2, -0.15) is 0 Å². The molecule has 0 aromatic heterocycles. The van der Waals surface area contributed by atoms with Crippen molar-refractivity contribution in [1.82, 2.24) is 0 Å². The number of para-hydroxylation sites is 1. The predicted molar refractivity (Wildman–Crippen MR) is 210 cm³/mol. The predicted octanol–water partition coefficient (Wildman–Crippen LogP) is 12.9. The summed E-state index contributed by atoms with van der Waals surface area (Å²) in [7, 11) is 0. The number of rotatable bonds is 2. The van der Waals surface area contributed by atoms with E-state index in [0.29, 0.717) is 0 Å². The van der Waals surface area contributed by atoms with E-state index in [2.05, 4.69) is 178 Å². The normalized spacial score (nSPS) is 16.8. The minimum Gasteiger partial charge on any atom is -0.457 e. The molecule has 3 aliphatic rings. The molecule has 0 bridgehead atoms. The van der Waals surface area contributed by atoms with Crippen LogP contribution in [0.25, 0.3) is 55.3 Å². The van der Waals surface area contributed by atoms with Crippen LogP contribution in [0.4, 0.5) is 0 Å². The molecular formula is C50H34O. The van der Waals surface area contributed by atoms with E-state index in [1.807, 2.05) is 6.07 Å². The fourth-order valence-corrected chi connectivity index (χ4v) is 9.50. The van der Waals surface area contributed by atoms with Gasteiger partial charge < -0.3 is 4.74 Å². The van der Waals surface area contributed by atoms with E-state index in [1.165, 1.54) is 88.7 Å². The Kier molecular flexibility index (Phi) is 5.72. The summed E-state index contributed by atoms with van der Waals surface area (Å²) in [6, 6.07) is 63.1. The van der Waals surface area contributed by atoms with Crippen LogP contribution in [0.15, 0.2) is 170 Å². The van der Waals surface area contributed by atoms with Crippen molar-refractivity contribution in [3.05, 3.63) is 203 Å². The molecule has 1 spiro atoms. The summed E-state index contributed by atoms with van der Waals surface area (Å²) >= 11 is 0. The summed E-state index contributed by atoms with van der Waals surface area (Å²) < 4.78 is 6.39. The van der Waals surface area contributed by atoms with Gasteiger partial charge in [0.1, 0.15) is 11.5 Å². The zero-order valence-corrected chi connectivity index (χ0v) is 28.6. The van der Waals surface area contributed by atoms with Crippen LogP contribution >= 0.6 is 0 Å². The third-order valence-corrected chi connectivity index (χ3v) is 11.9. The second kappa shape index (κ2) is 10.2. The Labute approximate surface area is 298 Å². The smallest absolute Gasteiger partial charge is 0.131 e. The first-order chi connectivity index (χ1) is 25.0. The lowest BCUT2D eigenvalue weighted by molar-refractivity contribution is 0.418. The Morgan fingerprint density at radius 2 is 0.843 bits per heavy atom. The molecule has 2 aliphatic carbocycles. The molecule has 8 aromatic carbocycles. The fourth-order valence-electron chi connectivity index (χ4n) is 9.50. The van der Waals surface area contributed by atoms with Gasteiger partial charge in [-0.15, -0.1) is 0 Å². The summed E-state index contributed by atoms with van der Waals surface area (Å²) in [5.74, 6) is 1.88. The maximum absolute atomic E-state index is 6.39. The largest absolute Gasteiger partial charge is 0.457 e. The zero-order chi connectivity index (χ0) is 33.9. The van der Waals surface area contributed by atoms with E-state index in [-0.39, 0.29) is 5.41 Å². The maximum Gasteiger partial charge on any atom is 0.131 e. The van der Waals surface area contributed by atoms with Crippen molar-refractivity contribution in [2.24, 2.45) is 0 Å². The summed E-state index contributed by atoms with van der Waals surface area (Å²) in [4.78, 5) is 0. The second-order valence-corrected chi connectivity index (χ2v) is 14.9.